The zero-order valence-corrected chi connectivity index (χ0v) is 13.0. The summed E-state index contributed by atoms with van der Waals surface area (Å²) in [5, 5.41) is 4.39. The first kappa shape index (κ1) is 14.6. The molecule has 0 radical (unpaired) electrons. The fourth-order valence-electron chi connectivity index (χ4n) is 2.98. The van der Waals surface area contributed by atoms with Crippen LogP contribution in [0.5, 0.6) is 5.88 Å². The molecule has 2 aromatic rings. The first-order chi connectivity index (χ1) is 10.5. The minimum Gasteiger partial charge on any atom is -0.481 e. The highest BCUT2D eigenvalue weighted by Gasteiger charge is 2.23. The van der Waals surface area contributed by atoms with Crippen LogP contribution < -0.4 is 16.0 Å². The van der Waals surface area contributed by atoms with Gasteiger partial charge in [0.2, 0.25) is 11.8 Å². The number of anilines is 1. The van der Waals surface area contributed by atoms with E-state index in [-0.39, 0.29) is 11.5 Å². The normalized spacial score (nSPS) is 14.9. The van der Waals surface area contributed by atoms with E-state index in [9.17, 15) is 4.79 Å². The van der Waals surface area contributed by atoms with Gasteiger partial charge in [-0.3, -0.25) is 14.7 Å². The van der Waals surface area contributed by atoms with Crippen molar-refractivity contribution in [3.8, 4) is 5.88 Å². The Morgan fingerprint density at radius 2 is 2.23 bits per heavy atom. The highest BCUT2D eigenvalue weighted by Crippen LogP contribution is 2.25. The summed E-state index contributed by atoms with van der Waals surface area (Å²) in [7, 11) is 3.50. The number of H-pyrrole nitrogens is 1. The number of nitrogens with one attached hydrogen (secondary N) is 1. The Balaban J connectivity index is 1.86. The van der Waals surface area contributed by atoms with Gasteiger partial charge < -0.3 is 10.5 Å². The summed E-state index contributed by atoms with van der Waals surface area (Å²) in [6.07, 6.45) is 0.713. The molecule has 0 unspecified atom stereocenters. The number of methoxy groups -OCH3 is 1. The summed E-state index contributed by atoms with van der Waals surface area (Å²) in [5.41, 5.74) is 8.93. The molecule has 1 aliphatic heterocycles. The molecule has 3 rings (SSSR count). The molecule has 1 aliphatic rings. The first-order valence-electron chi connectivity index (χ1n) is 7.16. The Morgan fingerprint density at radius 1 is 1.45 bits per heavy atom. The molecule has 22 heavy (non-hydrogen) atoms. The molecule has 0 spiro atoms. The van der Waals surface area contributed by atoms with Gasteiger partial charge in [-0.25, -0.2) is 9.67 Å². The Bertz CT molecular complexity index is 763. The standard InChI is InChI=1S/C14H20N6O2/c1-8-9(13(22-3)19(2)18-8)6-20-5-4-11-10(7-20)12(21)17-14(15)16-11/h4-7H2,1-3H3,(H3,15,16,17,21). The summed E-state index contributed by atoms with van der Waals surface area (Å²) in [4.78, 5) is 21.0. The molecule has 0 amide bonds. The molecule has 2 aromatic heterocycles. The van der Waals surface area contributed by atoms with Gasteiger partial charge in [0.25, 0.3) is 5.56 Å². The molecule has 0 saturated carbocycles. The third kappa shape index (κ3) is 2.45. The van der Waals surface area contributed by atoms with Gasteiger partial charge in [0.1, 0.15) is 0 Å². The predicted octanol–water partition coefficient (Wildman–Crippen LogP) is -0.0391. The number of rotatable bonds is 3. The van der Waals surface area contributed by atoms with Crippen LogP contribution in [0.25, 0.3) is 0 Å². The Hall–Kier alpha value is -2.35. The lowest BCUT2D eigenvalue weighted by Crippen LogP contribution is -2.35. The molecule has 0 saturated heterocycles. The van der Waals surface area contributed by atoms with Crippen LogP contribution in [-0.2, 0) is 26.6 Å². The average molecular weight is 304 g/mol. The zero-order valence-electron chi connectivity index (χ0n) is 13.0. The molecule has 118 valence electrons. The molecule has 8 nitrogen and oxygen atoms in total. The van der Waals surface area contributed by atoms with Gasteiger partial charge in [0.05, 0.1) is 29.6 Å². The SMILES string of the molecule is COc1c(CN2CCc3nc(N)[nH]c(=O)c3C2)c(C)nn1C. The van der Waals surface area contributed by atoms with Crippen molar-refractivity contribution in [2.75, 3.05) is 19.4 Å². The van der Waals surface area contributed by atoms with Gasteiger partial charge in [-0.15, -0.1) is 0 Å². The van der Waals surface area contributed by atoms with Crippen molar-refractivity contribution >= 4 is 5.95 Å². The number of nitrogens with two attached hydrogens (primary N) is 1. The number of aryl methyl sites for hydroxylation is 2. The van der Waals surface area contributed by atoms with Gasteiger partial charge in [0.15, 0.2) is 0 Å². The lowest BCUT2D eigenvalue weighted by atomic mass is 10.1. The van der Waals surface area contributed by atoms with Crippen molar-refractivity contribution in [2.24, 2.45) is 7.05 Å². The lowest BCUT2D eigenvalue weighted by molar-refractivity contribution is 0.237. The fourth-order valence-corrected chi connectivity index (χ4v) is 2.98. The number of ether oxygens (including phenoxy) is 1. The van der Waals surface area contributed by atoms with E-state index in [0.29, 0.717) is 25.1 Å². The predicted molar refractivity (Wildman–Crippen MR) is 81.6 cm³/mol. The monoisotopic (exact) mass is 304 g/mol. The summed E-state index contributed by atoms with van der Waals surface area (Å²) in [6, 6.07) is 0. The van der Waals surface area contributed by atoms with E-state index in [1.807, 2.05) is 14.0 Å². The summed E-state index contributed by atoms with van der Waals surface area (Å²) >= 11 is 0. The van der Waals surface area contributed by atoms with E-state index in [4.69, 9.17) is 10.5 Å². The van der Waals surface area contributed by atoms with Crippen molar-refractivity contribution < 1.29 is 4.74 Å². The van der Waals surface area contributed by atoms with Crippen LogP contribution in [0.4, 0.5) is 5.95 Å². The van der Waals surface area contributed by atoms with Crippen LogP contribution in [0.2, 0.25) is 0 Å². The largest absolute Gasteiger partial charge is 0.481 e. The molecule has 8 heteroatoms. The minimum absolute atomic E-state index is 0.151. The summed E-state index contributed by atoms with van der Waals surface area (Å²) < 4.78 is 7.16. The van der Waals surface area contributed by atoms with Crippen LogP contribution in [-0.4, -0.2) is 38.3 Å². The first-order valence-corrected chi connectivity index (χ1v) is 7.16. The molecule has 0 bridgehead atoms. The van der Waals surface area contributed by atoms with Crippen LogP contribution in [0.3, 0.4) is 0 Å². The van der Waals surface area contributed by atoms with Crippen LogP contribution in [0, 0.1) is 6.92 Å². The van der Waals surface area contributed by atoms with E-state index < -0.39 is 0 Å². The number of nitrogens with zero attached hydrogens (tertiary/aromatic N) is 4. The third-order valence-electron chi connectivity index (χ3n) is 4.03. The minimum atomic E-state index is -0.151. The zero-order chi connectivity index (χ0) is 15.9. The molecule has 0 aromatic carbocycles. The maximum absolute atomic E-state index is 12.0. The van der Waals surface area contributed by atoms with Crippen LogP contribution >= 0.6 is 0 Å². The van der Waals surface area contributed by atoms with Crippen molar-refractivity contribution in [1.29, 1.82) is 0 Å². The Labute approximate surface area is 127 Å². The van der Waals surface area contributed by atoms with Gasteiger partial charge in [-0.2, -0.15) is 5.10 Å². The molecule has 3 heterocycles. The van der Waals surface area contributed by atoms with Crippen molar-refractivity contribution in [2.45, 2.75) is 26.4 Å². The van der Waals surface area contributed by atoms with E-state index in [1.165, 1.54) is 0 Å². The van der Waals surface area contributed by atoms with Gasteiger partial charge in [0, 0.05) is 33.1 Å². The van der Waals surface area contributed by atoms with Gasteiger partial charge >= 0.3 is 0 Å². The van der Waals surface area contributed by atoms with E-state index in [1.54, 1.807) is 11.8 Å². The van der Waals surface area contributed by atoms with Gasteiger partial charge in [-0.05, 0) is 6.92 Å². The van der Waals surface area contributed by atoms with Crippen molar-refractivity contribution in [3.63, 3.8) is 0 Å². The molecule has 0 atom stereocenters. The quantitative estimate of drug-likeness (QED) is 0.825. The maximum atomic E-state index is 12.0. The highest BCUT2D eigenvalue weighted by molar-refractivity contribution is 5.32. The molecular formula is C14H20N6O2. The Kier molecular flexibility index (Phi) is 3.61. The van der Waals surface area contributed by atoms with Gasteiger partial charge in [-0.1, -0.05) is 0 Å². The highest BCUT2D eigenvalue weighted by atomic mass is 16.5. The second kappa shape index (κ2) is 5.45. The third-order valence-corrected chi connectivity index (χ3v) is 4.03. The maximum Gasteiger partial charge on any atom is 0.257 e. The number of hydrogen-bond donors (Lipinski definition) is 2. The summed E-state index contributed by atoms with van der Waals surface area (Å²) in [6.45, 7) is 4.02. The number of aromatic amines is 1. The van der Waals surface area contributed by atoms with Crippen LogP contribution in [0.15, 0.2) is 4.79 Å². The Morgan fingerprint density at radius 3 is 2.95 bits per heavy atom. The number of nitrogen functional groups attached to an aromatic ring is 1. The second-order valence-electron chi connectivity index (χ2n) is 5.53. The molecule has 0 fully saturated rings. The van der Waals surface area contributed by atoms with Crippen molar-refractivity contribution in [1.82, 2.24) is 24.6 Å². The van der Waals surface area contributed by atoms with E-state index in [0.717, 1.165) is 29.4 Å². The molecular weight excluding hydrogens is 284 g/mol. The molecule has 3 N–H and O–H groups in total. The fraction of sp³-hybridized carbons (Fsp3) is 0.500. The summed E-state index contributed by atoms with van der Waals surface area (Å²) in [5.74, 6) is 0.939. The van der Waals surface area contributed by atoms with Crippen molar-refractivity contribution in [3.05, 3.63) is 32.9 Å². The number of hydrogen-bond acceptors (Lipinski definition) is 6. The number of aromatic nitrogens is 4. The number of fused-ring (bicyclic) bond motifs is 1. The topological polar surface area (TPSA) is 102 Å². The smallest absolute Gasteiger partial charge is 0.257 e. The molecule has 0 aliphatic carbocycles. The second-order valence-corrected chi connectivity index (χ2v) is 5.53. The van der Waals surface area contributed by atoms with Crippen LogP contribution in [0.1, 0.15) is 22.5 Å². The van der Waals surface area contributed by atoms with E-state index >= 15 is 0 Å². The lowest BCUT2D eigenvalue weighted by Gasteiger charge is -2.27. The van der Waals surface area contributed by atoms with E-state index in [2.05, 4.69) is 20.0 Å². The average Bonchev–Trinajstić information content (AvgIpc) is 2.73.